The van der Waals surface area contributed by atoms with Gasteiger partial charge >= 0.3 is 0 Å². The highest BCUT2D eigenvalue weighted by Gasteiger charge is 2.35. The average molecular weight is 267 g/mol. The predicted octanol–water partition coefficient (Wildman–Crippen LogP) is 3.46. The second kappa shape index (κ2) is 5.27. The maximum atomic E-state index is 13.7. The van der Waals surface area contributed by atoms with Crippen molar-refractivity contribution in [3.8, 4) is 0 Å². The number of rotatable bonds is 0. The minimum absolute atomic E-state index is 0.0357. The van der Waals surface area contributed by atoms with E-state index >= 15 is 0 Å². The van der Waals surface area contributed by atoms with Crippen molar-refractivity contribution in [2.75, 3.05) is 11.4 Å². The van der Waals surface area contributed by atoms with Crippen molar-refractivity contribution in [1.82, 2.24) is 0 Å². The summed E-state index contributed by atoms with van der Waals surface area (Å²) in [6.45, 7) is 6.35. The van der Waals surface area contributed by atoms with Crippen LogP contribution in [-0.4, -0.2) is 12.5 Å². The Morgan fingerprint density at radius 2 is 1.95 bits per heavy atom. The highest BCUT2D eigenvalue weighted by molar-refractivity contribution is 5.98. The van der Waals surface area contributed by atoms with Crippen molar-refractivity contribution in [2.45, 2.75) is 40.0 Å². The molecule has 0 fully saturated rings. The van der Waals surface area contributed by atoms with Crippen LogP contribution in [0.4, 0.5) is 14.5 Å². The Balaban J connectivity index is 0.000000637. The van der Waals surface area contributed by atoms with E-state index in [2.05, 4.69) is 0 Å². The van der Waals surface area contributed by atoms with E-state index in [1.54, 1.807) is 4.90 Å². The molecule has 0 bridgehead atoms. The first-order chi connectivity index (χ1) is 9.09. The molecule has 2 nitrogen and oxygen atoms in total. The molecule has 4 heteroatoms. The van der Waals surface area contributed by atoms with Crippen molar-refractivity contribution in [3.63, 3.8) is 0 Å². The van der Waals surface area contributed by atoms with Crippen molar-refractivity contribution in [1.29, 1.82) is 0 Å². The fourth-order valence-electron chi connectivity index (χ4n) is 2.80. The van der Waals surface area contributed by atoms with Crippen LogP contribution in [0.15, 0.2) is 6.07 Å². The maximum absolute atomic E-state index is 13.7. The third kappa shape index (κ3) is 2.13. The predicted molar refractivity (Wildman–Crippen MR) is 71.2 cm³/mol. The Morgan fingerprint density at radius 3 is 2.63 bits per heavy atom. The molecule has 1 aromatic carbocycles. The number of aryl methyl sites for hydroxylation is 1. The van der Waals surface area contributed by atoms with Gasteiger partial charge in [-0.3, -0.25) is 4.79 Å². The number of halogens is 2. The first kappa shape index (κ1) is 14.0. The number of hydrogen-bond acceptors (Lipinski definition) is 1. The Kier molecular flexibility index (Phi) is 3.88. The van der Waals surface area contributed by atoms with Crippen LogP contribution in [0.5, 0.6) is 0 Å². The number of nitrogens with zero attached hydrogens (tertiary/aromatic N) is 1. The van der Waals surface area contributed by atoms with E-state index in [0.29, 0.717) is 37.1 Å². The summed E-state index contributed by atoms with van der Waals surface area (Å²) in [5.41, 5.74) is 1.79. The molecular formula is C15H19F2NO. The van der Waals surface area contributed by atoms with E-state index in [1.165, 1.54) is 6.07 Å². The lowest BCUT2D eigenvalue weighted by Gasteiger charge is -2.19. The maximum Gasteiger partial charge on any atom is 0.229 e. The molecule has 1 unspecified atom stereocenters. The van der Waals surface area contributed by atoms with E-state index in [9.17, 15) is 13.6 Å². The van der Waals surface area contributed by atoms with Crippen molar-refractivity contribution >= 4 is 11.6 Å². The normalized spacial score (nSPS) is 20.6. The summed E-state index contributed by atoms with van der Waals surface area (Å²) in [6.07, 6.45) is 1.76. The summed E-state index contributed by atoms with van der Waals surface area (Å²) < 4.78 is 27.1. The zero-order valence-electron chi connectivity index (χ0n) is 11.6. The van der Waals surface area contributed by atoms with Gasteiger partial charge in [-0.15, -0.1) is 0 Å². The third-order valence-electron chi connectivity index (χ3n) is 3.76. The SMILES string of the molecule is CC.CC1CCc2cc(F)c(F)c3c2N(CC3)C1=O. The van der Waals surface area contributed by atoms with Gasteiger partial charge in [0.2, 0.25) is 5.91 Å². The van der Waals surface area contributed by atoms with Gasteiger partial charge in [0.25, 0.3) is 0 Å². The van der Waals surface area contributed by atoms with Gasteiger partial charge in [-0.1, -0.05) is 20.8 Å². The van der Waals surface area contributed by atoms with Crippen molar-refractivity contribution < 1.29 is 13.6 Å². The van der Waals surface area contributed by atoms with E-state index < -0.39 is 11.6 Å². The van der Waals surface area contributed by atoms with Crippen LogP contribution in [0, 0.1) is 17.6 Å². The van der Waals surface area contributed by atoms with E-state index in [1.807, 2.05) is 20.8 Å². The van der Waals surface area contributed by atoms with Gasteiger partial charge in [-0.25, -0.2) is 8.78 Å². The van der Waals surface area contributed by atoms with Gasteiger partial charge in [0.15, 0.2) is 11.6 Å². The Hall–Kier alpha value is -1.45. The van der Waals surface area contributed by atoms with Gasteiger partial charge in [-0.2, -0.15) is 0 Å². The molecule has 0 spiro atoms. The van der Waals surface area contributed by atoms with Crippen LogP contribution in [0.3, 0.4) is 0 Å². The highest BCUT2D eigenvalue weighted by Crippen LogP contribution is 2.39. The number of hydrogen-bond donors (Lipinski definition) is 0. The Morgan fingerprint density at radius 1 is 1.26 bits per heavy atom. The molecular weight excluding hydrogens is 248 g/mol. The summed E-state index contributed by atoms with van der Waals surface area (Å²) in [7, 11) is 0. The number of carbonyl (C=O) groups excluding carboxylic acids is 1. The molecule has 2 heterocycles. The molecule has 19 heavy (non-hydrogen) atoms. The van der Waals surface area contributed by atoms with Crippen molar-refractivity contribution in [3.05, 3.63) is 28.8 Å². The molecule has 1 aromatic rings. The molecule has 0 aliphatic carbocycles. The van der Waals surface area contributed by atoms with E-state index in [0.717, 1.165) is 5.56 Å². The molecule has 104 valence electrons. The van der Waals surface area contributed by atoms with Crippen LogP contribution < -0.4 is 4.90 Å². The largest absolute Gasteiger partial charge is 0.311 e. The minimum atomic E-state index is -0.789. The fourth-order valence-corrected chi connectivity index (χ4v) is 2.80. The lowest BCUT2D eigenvalue weighted by Crippen LogP contribution is -2.32. The van der Waals surface area contributed by atoms with Crippen molar-refractivity contribution in [2.24, 2.45) is 5.92 Å². The first-order valence-electron chi connectivity index (χ1n) is 6.90. The smallest absolute Gasteiger partial charge is 0.229 e. The number of carbonyl (C=O) groups is 1. The van der Waals surface area contributed by atoms with Crippen LogP contribution in [0.1, 0.15) is 38.3 Å². The molecule has 1 amide bonds. The van der Waals surface area contributed by atoms with Crippen LogP contribution in [0.2, 0.25) is 0 Å². The van der Waals surface area contributed by atoms with Gasteiger partial charge in [-0.05, 0) is 30.9 Å². The molecule has 0 N–H and O–H groups in total. The van der Waals surface area contributed by atoms with Gasteiger partial charge in [0.1, 0.15) is 0 Å². The lowest BCUT2D eigenvalue weighted by molar-refractivity contribution is -0.121. The molecule has 3 rings (SSSR count). The molecule has 1 atom stereocenters. The van der Waals surface area contributed by atoms with Gasteiger partial charge < -0.3 is 4.90 Å². The van der Waals surface area contributed by atoms with E-state index in [-0.39, 0.29) is 11.8 Å². The first-order valence-corrected chi connectivity index (χ1v) is 6.90. The molecule has 2 aliphatic rings. The monoisotopic (exact) mass is 267 g/mol. The third-order valence-corrected chi connectivity index (χ3v) is 3.76. The van der Waals surface area contributed by atoms with E-state index in [4.69, 9.17) is 0 Å². The van der Waals surface area contributed by atoms with Crippen LogP contribution in [-0.2, 0) is 17.6 Å². The zero-order valence-corrected chi connectivity index (χ0v) is 11.6. The minimum Gasteiger partial charge on any atom is -0.311 e. The summed E-state index contributed by atoms with van der Waals surface area (Å²) in [5.74, 6) is -1.61. The summed E-state index contributed by atoms with van der Waals surface area (Å²) in [4.78, 5) is 13.7. The number of amides is 1. The molecule has 0 aromatic heterocycles. The Labute approximate surface area is 112 Å². The summed E-state index contributed by atoms with van der Waals surface area (Å²) >= 11 is 0. The zero-order chi connectivity index (χ0) is 14.2. The quantitative estimate of drug-likeness (QED) is 0.705. The fraction of sp³-hybridized carbons (Fsp3) is 0.533. The molecule has 2 aliphatic heterocycles. The summed E-state index contributed by atoms with van der Waals surface area (Å²) in [5, 5.41) is 0. The number of benzene rings is 1. The second-order valence-corrected chi connectivity index (χ2v) is 4.84. The van der Waals surface area contributed by atoms with Gasteiger partial charge in [0.05, 0.1) is 5.69 Å². The summed E-state index contributed by atoms with van der Waals surface area (Å²) in [6, 6.07) is 1.25. The lowest BCUT2D eigenvalue weighted by atomic mass is 9.99. The van der Waals surface area contributed by atoms with Crippen LogP contribution >= 0.6 is 0 Å². The van der Waals surface area contributed by atoms with Crippen LogP contribution in [0.25, 0.3) is 0 Å². The molecule has 0 saturated carbocycles. The van der Waals surface area contributed by atoms with Gasteiger partial charge in [0, 0.05) is 18.0 Å². The molecule has 0 saturated heterocycles. The second-order valence-electron chi connectivity index (χ2n) is 4.84. The number of anilines is 1. The average Bonchev–Trinajstić information content (AvgIpc) is 2.83. The molecule has 0 radical (unpaired) electrons. The topological polar surface area (TPSA) is 20.3 Å². The Bertz CT molecular complexity index is 513. The standard InChI is InChI=1S/C13H13F2NO.C2H6/c1-7-2-3-8-6-10(14)11(15)9-4-5-16(12(8)9)13(7)17;1-2/h6-7H,2-5H2,1H3;1-2H3. The highest BCUT2D eigenvalue weighted by atomic mass is 19.2.